The van der Waals surface area contributed by atoms with E-state index >= 15 is 0 Å². The van der Waals surface area contributed by atoms with Gasteiger partial charge >= 0.3 is 0 Å². The van der Waals surface area contributed by atoms with Crippen molar-refractivity contribution in [2.45, 2.75) is 18.9 Å². The van der Waals surface area contributed by atoms with Crippen molar-refractivity contribution in [1.82, 2.24) is 9.80 Å². The minimum Gasteiger partial charge on any atom is -0.486 e. The number of benzene rings is 2. The molecule has 1 saturated heterocycles. The number of hydrogen-bond acceptors (Lipinski definition) is 5. The van der Waals surface area contributed by atoms with Crippen LogP contribution < -0.4 is 14.2 Å². The van der Waals surface area contributed by atoms with Crippen molar-refractivity contribution in [3.05, 3.63) is 53.6 Å². The third kappa shape index (κ3) is 3.56. The average Bonchev–Trinajstić information content (AvgIpc) is 2.82. The fraction of sp³-hybridized carbons (Fsp3) is 0.391. The van der Waals surface area contributed by atoms with Gasteiger partial charge in [-0.3, -0.25) is 9.59 Å². The van der Waals surface area contributed by atoms with E-state index in [-0.39, 0.29) is 11.8 Å². The van der Waals surface area contributed by atoms with Crippen molar-refractivity contribution in [3.8, 4) is 17.2 Å². The maximum atomic E-state index is 12.9. The van der Waals surface area contributed by atoms with Crippen LogP contribution >= 0.6 is 0 Å². The summed E-state index contributed by atoms with van der Waals surface area (Å²) in [4.78, 5) is 29.4. The fourth-order valence-corrected chi connectivity index (χ4v) is 4.19. The molecule has 30 heavy (non-hydrogen) atoms. The maximum Gasteiger partial charge on any atom is 0.263 e. The second-order valence-electron chi connectivity index (χ2n) is 7.73. The molecule has 3 heterocycles. The molecule has 0 aliphatic carbocycles. The SMILES string of the molecule is O=C(c1ccc2c(c1)OCCO2)N1CCN(C(=O)C2CCc3ccccc3O2)CC1. The van der Waals surface area contributed by atoms with E-state index in [9.17, 15) is 9.59 Å². The van der Waals surface area contributed by atoms with Crippen molar-refractivity contribution in [2.75, 3.05) is 39.4 Å². The van der Waals surface area contributed by atoms with Crippen LogP contribution in [0.25, 0.3) is 0 Å². The topological polar surface area (TPSA) is 68.3 Å². The number of amides is 2. The third-order valence-electron chi connectivity index (χ3n) is 5.86. The number of ether oxygens (including phenoxy) is 3. The summed E-state index contributed by atoms with van der Waals surface area (Å²) in [6, 6.07) is 13.1. The predicted octanol–water partition coefficient (Wildman–Crippen LogP) is 2.14. The average molecular weight is 408 g/mol. The standard InChI is InChI=1S/C23H24N2O5/c26-22(17-6-7-19-21(15-17)29-14-13-28-19)24-9-11-25(12-10-24)23(27)20-8-5-16-3-1-2-4-18(16)30-20/h1-4,6-7,15,20H,5,8-14H2. The van der Waals surface area contributed by atoms with Crippen LogP contribution in [0.3, 0.4) is 0 Å². The maximum absolute atomic E-state index is 12.9. The van der Waals surface area contributed by atoms with Crippen LogP contribution in [0, 0.1) is 0 Å². The van der Waals surface area contributed by atoms with Crippen molar-refractivity contribution < 1.29 is 23.8 Å². The fourth-order valence-electron chi connectivity index (χ4n) is 4.19. The van der Waals surface area contributed by atoms with E-state index in [0.29, 0.717) is 62.9 Å². The smallest absolute Gasteiger partial charge is 0.263 e. The Morgan fingerprint density at radius 2 is 1.57 bits per heavy atom. The van der Waals surface area contributed by atoms with Gasteiger partial charge in [-0.1, -0.05) is 18.2 Å². The van der Waals surface area contributed by atoms with E-state index in [1.807, 2.05) is 29.2 Å². The molecular formula is C23H24N2O5. The molecule has 0 bridgehead atoms. The predicted molar refractivity (Wildman–Crippen MR) is 109 cm³/mol. The second kappa shape index (κ2) is 7.89. The van der Waals surface area contributed by atoms with Gasteiger partial charge < -0.3 is 24.0 Å². The molecule has 0 radical (unpaired) electrons. The summed E-state index contributed by atoms with van der Waals surface area (Å²) in [6.07, 6.45) is 1.08. The summed E-state index contributed by atoms with van der Waals surface area (Å²) in [5.41, 5.74) is 1.72. The molecule has 0 spiro atoms. The molecular weight excluding hydrogens is 384 g/mol. The lowest BCUT2D eigenvalue weighted by Crippen LogP contribution is -2.54. The highest BCUT2D eigenvalue weighted by Gasteiger charge is 2.32. The van der Waals surface area contributed by atoms with Gasteiger partial charge in [0.1, 0.15) is 19.0 Å². The lowest BCUT2D eigenvalue weighted by molar-refractivity contribution is -0.141. The van der Waals surface area contributed by atoms with Gasteiger partial charge in [0.05, 0.1) is 0 Å². The Morgan fingerprint density at radius 1 is 0.833 bits per heavy atom. The van der Waals surface area contributed by atoms with E-state index in [0.717, 1.165) is 17.7 Å². The van der Waals surface area contributed by atoms with Crippen molar-refractivity contribution in [2.24, 2.45) is 0 Å². The first kappa shape index (κ1) is 18.8. The normalized spacial score (nSPS) is 20.2. The van der Waals surface area contributed by atoms with Gasteiger partial charge in [-0.15, -0.1) is 0 Å². The summed E-state index contributed by atoms with van der Waals surface area (Å²) in [6.45, 7) is 3.03. The van der Waals surface area contributed by atoms with Crippen LogP contribution in [0.1, 0.15) is 22.3 Å². The number of para-hydroxylation sites is 1. The Labute approximate surface area is 175 Å². The van der Waals surface area contributed by atoms with Crippen molar-refractivity contribution in [1.29, 1.82) is 0 Å². The highest BCUT2D eigenvalue weighted by Crippen LogP contribution is 2.31. The lowest BCUT2D eigenvalue weighted by Gasteiger charge is -2.37. The Kier molecular flexibility index (Phi) is 4.94. The quantitative estimate of drug-likeness (QED) is 0.762. The number of carbonyl (C=O) groups is 2. The molecule has 5 rings (SSSR count). The van der Waals surface area contributed by atoms with Crippen molar-refractivity contribution in [3.63, 3.8) is 0 Å². The Hall–Kier alpha value is -3.22. The first-order valence-electron chi connectivity index (χ1n) is 10.4. The highest BCUT2D eigenvalue weighted by molar-refractivity contribution is 5.95. The number of piperazine rings is 1. The van der Waals surface area contributed by atoms with E-state index in [4.69, 9.17) is 14.2 Å². The summed E-state index contributed by atoms with van der Waals surface area (Å²) in [7, 11) is 0. The number of nitrogens with zero attached hydrogens (tertiary/aromatic N) is 2. The van der Waals surface area contributed by atoms with Crippen LogP contribution in [-0.4, -0.2) is 67.1 Å². The van der Waals surface area contributed by atoms with E-state index < -0.39 is 6.10 Å². The molecule has 3 aliphatic rings. The van der Waals surface area contributed by atoms with Gasteiger partial charge in [-0.05, 0) is 42.7 Å². The number of hydrogen-bond donors (Lipinski definition) is 0. The van der Waals surface area contributed by atoms with Crippen LogP contribution in [0.5, 0.6) is 17.2 Å². The Morgan fingerprint density at radius 3 is 2.40 bits per heavy atom. The zero-order valence-electron chi connectivity index (χ0n) is 16.7. The molecule has 3 aliphatic heterocycles. The number of aryl methyl sites for hydroxylation is 1. The van der Waals surface area contributed by atoms with Gasteiger partial charge in [0, 0.05) is 31.7 Å². The van der Waals surface area contributed by atoms with Crippen LogP contribution in [-0.2, 0) is 11.2 Å². The van der Waals surface area contributed by atoms with Gasteiger partial charge in [0.2, 0.25) is 0 Å². The van der Waals surface area contributed by atoms with Gasteiger partial charge in [0.15, 0.2) is 17.6 Å². The van der Waals surface area contributed by atoms with Crippen molar-refractivity contribution >= 4 is 11.8 Å². The molecule has 1 fully saturated rings. The minimum absolute atomic E-state index is 0.0101. The summed E-state index contributed by atoms with van der Waals surface area (Å²) in [5, 5.41) is 0. The van der Waals surface area contributed by atoms with Crippen LogP contribution in [0.15, 0.2) is 42.5 Å². The molecule has 1 unspecified atom stereocenters. The van der Waals surface area contributed by atoms with E-state index in [2.05, 4.69) is 0 Å². The Bertz CT molecular complexity index is 968. The summed E-state index contributed by atoms with van der Waals surface area (Å²) >= 11 is 0. The molecule has 2 aromatic rings. The highest BCUT2D eigenvalue weighted by atomic mass is 16.6. The molecule has 0 N–H and O–H groups in total. The first-order valence-corrected chi connectivity index (χ1v) is 10.4. The lowest BCUT2D eigenvalue weighted by atomic mass is 10.0. The minimum atomic E-state index is -0.444. The van der Waals surface area contributed by atoms with Crippen LogP contribution in [0.4, 0.5) is 0 Å². The van der Waals surface area contributed by atoms with Gasteiger partial charge in [-0.25, -0.2) is 0 Å². The van der Waals surface area contributed by atoms with E-state index in [1.54, 1.807) is 23.1 Å². The monoisotopic (exact) mass is 408 g/mol. The number of fused-ring (bicyclic) bond motifs is 2. The van der Waals surface area contributed by atoms with Gasteiger partial charge in [-0.2, -0.15) is 0 Å². The van der Waals surface area contributed by atoms with Crippen LogP contribution in [0.2, 0.25) is 0 Å². The zero-order chi connectivity index (χ0) is 20.5. The number of carbonyl (C=O) groups excluding carboxylic acids is 2. The largest absolute Gasteiger partial charge is 0.486 e. The molecule has 7 heteroatoms. The van der Waals surface area contributed by atoms with E-state index in [1.165, 1.54) is 0 Å². The molecule has 2 aromatic carbocycles. The molecule has 1 atom stereocenters. The Balaban J connectivity index is 1.19. The summed E-state index contributed by atoms with van der Waals surface area (Å²) in [5.74, 6) is 2.03. The first-order chi connectivity index (χ1) is 14.7. The second-order valence-corrected chi connectivity index (χ2v) is 7.73. The zero-order valence-corrected chi connectivity index (χ0v) is 16.7. The molecule has 0 aromatic heterocycles. The molecule has 156 valence electrons. The third-order valence-corrected chi connectivity index (χ3v) is 5.86. The molecule has 7 nitrogen and oxygen atoms in total. The van der Waals surface area contributed by atoms with Gasteiger partial charge in [0.25, 0.3) is 11.8 Å². The molecule has 0 saturated carbocycles. The summed E-state index contributed by atoms with van der Waals surface area (Å²) < 4.78 is 17.0. The molecule has 2 amide bonds. The number of rotatable bonds is 2.